The van der Waals surface area contributed by atoms with Crippen molar-refractivity contribution < 1.29 is 17.6 Å². The molecule has 1 atom stereocenters. The Kier molecular flexibility index (Phi) is 3.57. The van der Waals surface area contributed by atoms with Gasteiger partial charge in [-0.3, -0.25) is 4.90 Å². The fraction of sp³-hybridized carbons (Fsp3) is 1.00. The van der Waals surface area contributed by atoms with Crippen LogP contribution in [0, 0.1) is 0 Å². The summed E-state index contributed by atoms with van der Waals surface area (Å²) >= 11 is 3.25. The molecule has 78 valence electrons. The normalized spacial score (nSPS) is 25.8. The van der Waals surface area contributed by atoms with Crippen molar-refractivity contribution in [1.82, 2.24) is 4.90 Å². The third kappa shape index (κ3) is 3.09. The molecular formula is C7H10BrF4N. The molecule has 0 amide bonds. The zero-order valence-corrected chi connectivity index (χ0v) is 8.41. The lowest BCUT2D eigenvalue weighted by atomic mass is 10.3. The van der Waals surface area contributed by atoms with E-state index in [1.54, 1.807) is 0 Å². The molecule has 0 radical (unpaired) electrons. The number of hydrogen-bond acceptors (Lipinski definition) is 1. The third-order valence-electron chi connectivity index (χ3n) is 1.97. The zero-order chi connectivity index (χ0) is 10.1. The second-order valence-electron chi connectivity index (χ2n) is 3.18. The average Bonchev–Trinajstić information content (AvgIpc) is 2.34. The average molecular weight is 264 g/mol. The Bertz CT molecular complexity index is 176. The van der Waals surface area contributed by atoms with Crippen molar-refractivity contribution in [3.05, 3.63) is 0 Å². The molecule has 13 heavy (non-hydrogen) atoms. The summed E-state index contributed by atoms with van der Waals surface area (Å²) in [6.07, 6.45) is -2.83. The summed E-state index contributed by atoms with van der Waals surface area (Å²) in [4.78, 5) is 1.51. The highest BCUT2D eigenvalue weighted by molar-refractivity contribution is 9.09. The van der Waals surface area contributed by atoms with Gasteiger partial charge in [-0.1, -0.05) is 15.9 Å². The van der Waals surface area contributed by atoms with Gasteiger partial charge in [0, 0.05) is 11.4 Å². The fourth-order valence-electron chi connectivity index (χ4n) is 1.30. The molecule has 1 saturated heterocycles. The first kappa shape index (κ1) is 11.2. The van der Waals surface area contributed by atoms with E-state index in [0.29, 0.717) is 13.1 Å². The number of hydrogen-bond donors (Lipinski definition) is 0. The highest BCUT2D eigenvalue weighted by Gasteiger charge is 2.43. The molecule has 0 N–H and O–H groups in total. The van der Waals surface area contributed by atoms with Crippen LogP contribution in [0.5, 0.6) is 0 Å². The summed E-state index contributed by atoms with van der Waals surface area (Å²) in [6, 6.07) is 0. The number of alkyl halides is 5. The minimum absolute atomic E-state index is 0.154. The van der Waals surface area contributed by atoms with Gasteiger partial charge in [0.05, 0.1) is 6.54 Å². The van der Waals surface area contributed by atoms with Crippen molar-refractivity contribution in [3.63, 3.8) is 0 Å². The predicted molar refractivity (Wildman–Crippen MR) is 44.7 cm³/mol. The molecule has 0 aromatic heterocycles. The van der Waals surface area contributed by atoms with Crippen LogP contribution >= 0.6 is 15.9 Å². The van der Waals surface area contributed by atoms with Gasteiger partial charge in [0.1, 0.15) is 0 Å². The van der Waals surface area contributed by atoms with E-state index < -0.39 is 18.9 Å². The van der Waals surface area contributed by atoms with Crippen LogP contribution in [0.2, 0.25) is 0 Å². The first-order valence-corrected chi connectivity index (χ1v) is 4.86. The van der Waals surface area contributed by atoms with E-state index in [2.05, 4.69) is 15.9 Å². The van der Waals surface area contributed by atoms with E-state index in [0.717, 1.165) is 6.42 Å². The van der Waals surface area contributed by atoms with E-state index in [1.165, 1.54) is 4.90 Å². The van der Waals surface area contributed by atoms with Crippen LogP contribution < -0.4 is 0 Å². The lowest BCUT2D eigenvalue weighted by molar-refractivity contribution is -0.140. The molecule has 0 saturated carbocycles. The summed E-state index contributed by atoms with van der Waals surface area (Å²) in [5.41, 5.74) is 0. The summed E-state index contributed by atoms with van der Waals surface area (Å²) in [7, 11) is 0. The Morgan fingerprint density at radius 2 is 2.08 bits per heavy atom. The van der Waals surface area contributed by atoms with Crippen molar-refractivity contribution in [2.75, 3.05) is 19.6 Å². The van der Waals surface area contributed by atoms with Crippen molar-refractivity contribution in [2.24, 2.45) is 0 Å². The lowest BCUT2D eigenvalue weighted by Gasteiger charge is -2.22. The predicted octanol–water partition coefficient (Wildman–Crippen LogP) is 2.36. The SMILES string of the molecule is FC(F)C(F)(F)CN1CCC(Br)C1. The molecule has 1 nitrogen and oxygen atoms in total. The van der Waals surface area contributed by atoms with Gasteiger partial charge < -0.3 is 0 Å². The first-order chi connectivity index (χ1) is 5.92. The number of rotatable bonds is 3. The highest BCUT2D eigenvalue weighted by Crippen LogP contribution is 2.26. The van der Waals surface area contributed by atoms with E-state index in [4.69, 9.17) is 0 Å². The summed E-state index contributed by atoms with van der Waals surface area (Å²) in [5.74, 6) is -3.88. The molecule has 1 fully saturated rings. The first-order valence-electron chi connectivity index (χ1n) is 3.94. The van der Waals surface area contributed by atoms with Gasteiger partial charge in [0.25, 0.3) is 0 Å². The quantitative estimate of drug-likeness (QED) is 0.558. The topological polar surface area (TPSA) is 3.24 Å². The van der Waals surface area contributed by atoms with Gasteiger partial charge in [-0.25, -0.2) is 8.78 Å². The van der Waals surface area contributed by atoms with Gasteiger partial charge in [0.15, 0.2) is 0 Å². The fourth-order valence-corrected chi connectivity index (χ4v) is 1.91. The van der Waals surface area contributed by atoms with Crippen molar-refractivity contribution >= 4 is 15.9 Å². The number of nitrogens with zero attached hydrogens (tertiary/aromatic N) is 1. The van der Waals surface area contributed by atoms with Crippen LogP contribution in [-0.2, 0) is 0 Å². The third-order valence-corrected chi connectivity index (χ3v) is 2.72. The maximum absolute atomic E-state index is 12.5. The van der Waals surface area contributed by atoms with Gasteiger partial charge >= 0.3 is 12.3 Å². The zero-order valence-electron chi connectivity index (χ0n) is 6.82. The molecule has 0 aromatic carbocycles. The standard InChI is InChI=1S/C7H10BrF4N/c8-5-1-2-13(3-5)4-7(11,12)6(9)10/h5-6H,1-4H2. The molecular weight excluding hydrogens is 254 g/mol. The Balaban J connectivity index is 2.40. The van der Waals surface area contributed by atoms with Crippen LogP contribution in [0.25, 0.3) is 0 Å². The Morgan fingerprint density at radius 3 is 2.46 bits per heavy atom. The maximum Gasteiger partial charge on any atom is 0.319 e. The second-order valence-corrected chi connectivity index (χ2v) is 4.48. The van der Waals surface area contributed by atoms with E-state index in [9.17, 15) is 17.6 Å². The lowest BCUT2D eigenvalue weighted by Crippen LogP contribution is -2.40. The van der Waals surface area contributed by atoms with Crippen molar-refractivity contribution in [1.29, 1.82) is 0 Å². The van der Waals surface area contributed by atoms with Gasteiger partial charge in [-0.2, -0.15) is 8.78 Å². The van der Waals surface area contributed by atoms with Crippen molar-refractivity contribution in [2.45, 2.75) is 23.6 Å². The summed E-state index contributed by atoms with van der Waals surface area (Å²) < 4.78 is 48.6. The van der Waals surface area contributed by atoms with E-state index >= 15 is 0 Å². The van der Waals surface area contributed by atoms with Gasteiger partial charge in [-0.15, -0.1) is 0 Å². The van der Waals surface area contributed by atoms with Crippen molar-refractivity contribution in [3.8, 4) is 0 Å². The molecule has 0 bridgehead atoms. The Hall–Kier alpha value is 0.160. The Labute approximate surface area is 82.2 Å². The van der Waals surface area contributed by atoms with Crippen LogP contribution in [0.4, 0.5) is 17.6 Å². The van der Waals surface area contributed by atoms with Gasteiger partial charge in [0.2, 0.25) is 0 Å². The minimum atomic E-state index is -3.88. The summed E-state index contributed by atoms with van der Waals surface area (Å²) in [5, 5.41) is 0. The van der Waals surface area contributed by atoms with E-state index in [1.807, 2.05) is 0 Å². The number of likely N-dealkylation sites (tertiary alicyclic amines) is 1. The van der Waals surface area contributed by atoms with E-state index in [-0.39, 0.29) is 4.83 Å². The second kappa shape index (κ2) is 4.13. The van der Waals surface area contributed by atoms with Gasteiger partial charge in [-0.05, 0) is 13.0 Å². The molecule has 1 heterocycles. The molecule has 1 rings (SSSR count). The largest absolute Gasteiger partial charge is 0.319 e. The molecule has 6 heteroatoms. The van der Waals surface area contributed by atoms with Crippen LogP contribution in [0.15, 0.2) is 0 Å². The molecule has 1 aliphatic heterocycles. The monoisotopic (exact) mass is 263 g/mol. The molecule has 0 aromatic rings. The molecule has 0 aliphatic carbocycles. The number of halogens is 5. The summed E-state index contributed by atoms with van der Waals surface area (Å²) in [6.45, 7) is 0.0350. The van der Waals surface area contributed by atoms with Crippen LogP contribution in [0.3, 0.4) is 0 Å². The van der Waals surface area contributed by atoms with Crippen LogP contribution in [0.1, 0.15) is 6.42 Å². The smallest absolute Gasteiger partial charge is 0.296 e. The Morgan fingerprint density at radius 1 is 1.46 bits per heavy atom. The van der Waals surface area contributed by atoms with Crippen LogP contribution in [-0.4, -0.2) is 41.7 Å². The maximum atomic E-state index is 12.5. The molecule has 1 aliphatic rings. The highest BCUT2D eigenvalue weighted by atomic mass is 79.9. The molecule has 0 spiro atoms. The minimum Gasteiger partial charge on any atom is -0.296 e. The molecule has 1 unspecified atom stereocenters.